The average Bonchev–Trinajstić information content (AvgIpc) is 2.89. The number of carbonyl (C=O) groups is 2. The van der Waals surface area contributed by atoms with E-state index in [4.69, 9.17) is 4.74 Å². The molecular weight excluding hydrogens is 352 g/mol. The number of ether oxygens (including phenoxy) is 1. The maximum atomic E-state index is 13.3. The number of hydrogen-bond donors (Lipinski definition) is 0. The molecule has 1 aromatic carbocycles. The van der Waals surface area contributed by atoms with Gasteiger partial charge in [-0.15, -0.1) is 0 Å². The van der Waals surface area contributed by atoms with E-state index in [0.717, 1.165) is 36.2 Å². The Morgan fingerprint density at radius 1 is 1.18 bits per heavy atom. The summed E-state index contributed by atoms with van der Waals surface area (Å²) in [6.45, 7) is 11.5. The van der Waals surface area contributed by atoms with E-state index < -0.39 is 0 Å². The standard InChI is InChI=1S/C23H32N2O3/c1-5-28-13-7-12-25-22(26)20(19-10-9-16(2)14-18(19)4)21(23(25)27)24-11-6-8-17(3)15-24/h9-10,14,17H,5-8,11-13,15H2,1-4H3. The Bertz CT molecular complexity index is 784. The van der Waals surface area contributed by atoms with Crippen molar-refractivity contribution in [2.75, 3.05) is 32.8 Å². The molecule has 0 saturated carbocycles. The van der Waals surface area contributed by atoms with Crippen molar-refractivity contribution in [1.29, 1.82) is 0 Å². The van der Waals surface area contributed by atoms with E-state index in [2.05, 4.69) is 17.9 Å². The van der Waals surface area contributed by atoms with E-state index in [1.54, 1.807) is 0 Å². The zero-order valence-corrected chi connectivity index (χ0v) is 17.6. The van der Waals surface area contributed by atoms with Gasteiger partial charge < -0.3 is 9.64 Å². The molecule has 1 unspecified atom stereocenters. The second-order valence-electron chi connectivity index (χ2n) is 8.05. The highest BCUT2D eigenvalue weighted by molar-refractivity contribution is 6.35. The normalized spacial score (nSPS) is 20.5. The van der Waals surface area contributed by atoms with Crippen LogP contribution in [-0.2, 0) is 14.3 Å². The van der Waals surface area contributed by atoms with E-state index in [1.807, 2.05) is 32.9 Å². The Morgan fingerprint density at radius 2 is 1.96 bits per heavy atom. The number of carbonyl (C=O) groups excluding carboxylic acids is 2. The Kier molecular flexibility index (Phi) is 6.55. The van der Waals surface area contributed by atoms with Crippen LogP contribution in [0.15, 0.2) is 23.9 Å². The van der Waals surface area contributed by atoms with Gasteiger partial charge in [-0.25, -0.2) is 0 Å². The maximum Gasteiger partial charge on any atom is 0.277 e. The molecule has 1 fully saturated rings. The van der Waals surface area contributed by atoms with Gasteiger partial charge in [0.15, 0.2) is 0 Å². The van der Waals surface area contributed by atoms with Crippen molar-refractivity contribution < 1.29 is 14.3 Å². The molecule has 0 radical (unpaired) electrons. The summed E-state index contributed by atoms with van der Waals surface area (Å²) < 4.78 is 5.39. The predicted octanol–water partition coefficient (Wildman–Crippen LogP) is 3.54. The molecule has 0 spiro atoms. The van der Waals surface area contributed by atoms with E-state index in [9.17, 15) is 9.59 Å². The number of piperidine rings is 1. The van der Waals surface area contributed by atoms with Gasteiger partial charge in [-0.2, -0.15) is 0 Å². The second-order valence-corrected chi connectivity index (χ2v) is 8.05. The molecule has 2 amide bonds. The summed E-state index contributed by atoms with van der Waals surface area (Å²) in [5, 5.41) is 0. The number of aryl methyl sites for hydroxylation is 2. The Hall–Kier alpha value is -2.14. The van der Waals surface area contributed by atoms with Crippen LogP contribution in [0.1, 0.15) is 49.8 Å². The summed E-state index contributed by atoms with van der Waals surface area (Å²) in [5.41, 5.74) is 4.24. The van der Waals surface area contributed by atoms with E-state index in [-0.39, 0.29) is 11.8 Å². The van der Waals surface area contributed by atoms with Crippen LogP contribution in [0, 0.1) is 19.8 Å². The fraction of sp³-hybridized carbons (Fsp3) is 0.565. The van der Waals surface area contributed by atoms with Crippen LogP contribution >= 0.6 is 0 Å². The van der Waals surface area contributed by atoms with E-state index >= 15 is 0 Å². The number of amides is 2. The van der Waals surface area contributed by atoms with Gasteiger partial charge in [-0.05, 0) is 57.1 Å². The lowest BCUT2D eigenvalue weighted by Crippen LogP contribution is -2.39. The van der Waals surface area contributed by atoms with Crippen molar-refractivity contribution in [3.8, 4) is 0 Å². The van der Waals surface area contributed by atoms with E-state index in [0.29, 0.717) is 43.4 Å². The smallest absolute Gasteiger partial charge is 0.277 e. The van der Waals surface area contributed by atoms with Crippen LogP contribution in [0.25, 0.3) is 5.57 Å². The van der Waals surface area contributed by atoms with Gasteiger partial charge in [-0.1, -0.05) is 30.7 Å². The summed E-state index contributed by atoms with van der Waals surface area (Å²) >= 11 is 0. The zero-order chi connectivity index (χ0) is 20.3. The van der Waals surface area contributed by atoms with Crippen molar-refractivity contribution >= 4 is 17.4 Å². The van der Waals surface area contributed by atoms with Crippen LogP contribution in [0.4, 0.5) is 0 Å². The van der Waals surface area contributed by atoms with Crippen LogP contribution in [-0.4, -0.2) is 54.5 Å². The minimum absolute atomic E-state index is 0.148. The highest BCUT2D eigenvalue weighted by atomic mass is 16.5. The molecule has 1 aromatic rings. The molecule has 3 rings (SSSR count). The number of likely N-dealkylation sites (tertiary alicyclic amines) is 1. The van der Waals surface area contributed by atoms with Gasteiger partial charge in [0.25, 0.3) is 11.8 Å². The molecule has 2 heterocycles. The minimum atomic E-state index is -0.165. The molecule has 1 atom stereocenters. The Balaban J connectivity index is 1.97. The number of imide groups is 1. The Labute approximate surface area is 168 Å². The van der Waals surface area contributed by atoms with Gasteiger partial charge in [-0.3, -0.25) is 14.5 Å². The SMILES string of the molecule is CCOCCCN1C(=O)C(c2ccc(C)cc2C)=C(N2CCCC(C)C2)C1=O. The monoisotopic (exact) mass is 384 g/mol. The lowest BCUT2D eigenvalue weighted by molar-refractivity contribution is -0.137. The molecule has 2 aliphatic heterocycles. The topological polar surface area (TPSA) is 49.9 Å². The van der Waals surface area contributed by atoms with Gasteiger partial charge in [0.05, 0.1) is 5.57 Å². The van der Waals surface area contributed by atoms with Crippen molar-refractivity contribution in [1.82, 2.24) is 9.80 Å². The number of hydrogen-bond acceptors (Lipinski definition) is 4. The third-order valence-corrected chi connectivity index (χ3v) is 5.64. The van der Waals surface area contributed by atoms with Crippen LogP contribution in [0.2, 0.25) is 0 Å². The number of benzene rings is 1. The molecule has 5 nitrogen and oxygen atoms in total. The fourth-order valence-corrected chi connectivity index (χ4v) is 4.26. The third-order valence-electron chi connectivity index (χ3n) is 5.64. The number of nitrogens with zero attached hydrogens (tertiary/aromatic N) is 2. The first-order chi connectivity index (χ1) is 13.4. The fourth-order valence-electron chi connectivity index (χ4n) is 4.26. The molecule has 28 heavy (non-hydrogen) atoms. The van der Waals surface area contributed by atoms with Crippen molar-refractivity contribution in [2.45, 2.75) is 47.0 Å². The molecular formula is C23H32N2O3. The molecule has 1 saturated heterocycles. The molecule has 0 aliphatic carbocycles. The van der Waals surface area contributed by atoms with Crippen LogP contribution in [0.5, 0.6) is 0 Å². The Morgan fingerprint density at radius 3 is 2.64 bits per heavy atom. The predicted molar refractivity (Wildman–Crippen MR) is 111 cm³/mol. The first-order valence-electron chi connectivity index (χ1n) is 10.4. The molecule has 0 bridgehead atoms. The first-order valence-corrected chi connectivity index (χ1v) is 10.4. The van der Waals surface area contributed by atoms with Crippen molar-refractivity contribution in [3.05, 3.63) is 40.6 Å². The largest absolute Gasteiger partial charge is 0.382 e. The summed E-state index contributed by atoms with van der Waals surface area (Å²) in [4.78, 5) is 30.2. The molecule has 0 aromatic heterocycles. The minimum Gasteiger partial charge on any atom is -0.382 e. The van der Waals surface area contributed by atoms with Gasteiger partial charge in [0, 0.05) is 32.8 Å². The van der Waals surface area contributed by atoms with Crippen LogP contribution in [0.3, 0.4) is 0 Å². The maximum absolute atomic E-state index is 13.3. The van der Waals surface area contributed by atoms with Crippen molar-refractivity contribution in [3.63, 3.8) is 0 Å². The van der Waals surface area contributed by atoms with Gasteiger partial charge in [0.1, 0.15) is 5.70 Å². The molecule has 152 valence electrons. The summed E-state index contributed by atoms with van der Waals surface area (Å²) in [7, 11) is 0. The highest BCUT2D eigenvalue weighted by Crippen LogP contribution is 2.35. The van der Waals surface area contributed by atoms with Gasteiger partial charge in [0.2, 0.25) is 0 Å². The zero-order valence-electron chi connectivity index (χ0n) is 17.6. The van der Waals surface area contributed by atoms with Crippen LogP contribution < -0.4 is 0 Å². The quantitative estimate of drug-likeness (QED) is 0.533. The van der Waals surface area contributed by atoms with Gasteiger partial charge >= 0.3 is 0 Å². The average molecular weight is 385 g/mol. The summed E-state index contributed by atoms with van der Waals surface area (Å²) in [6, 6.07) is 6.08. The number of rotatable bonds is 7. The molecule has 5 heteroatoms. The lowest BCUT2D eigenvalue weighted by Gasteiger charge is -2.33. The summed E-state index contributed by atoms with van der Waals surface area (Å²) in [5.74, 6) is 0.212. The molecule has 0 N–H and O–H groups in total. The first kappa shape index (κ1) is 20.6. The molecule has 2 aliphatic rings. The third kappa shape index (κ3) is 4.14. The second kappa shape index (κ2) is 8.91. The lowest BCUT2D eigenvalue weighted by atomic mass is 9.95. The summed E-state index contributed by atoms with van der Waals surface area (Å²) in [6.07, 6.45) is 2.88. The van der Waals surface area contributed by atoms with E-state index in [1.165, 1.54) is 11.3 Å². The highest BCUT2D eigenvalue weighted by Gasteiger charge is 2.42. The van der Waals surface area contributed by atoms with Crippen molar-refractivity contribution in [2.24, 2.45) is 5.92 Å².